The highest BCUT2D eigenvalue weighted by Crippen LogP contribution is 2.21. The molecule has 60 valence electrons. The van der Waals surface area contributed by atoms with Crippen LogP contribution in [0.1, 0.15) is 13.8 Å². The topological polar surface area (TPSA) is 56.5 Å². The van der Waals surface area contributed by atoms with Gasteiger partial charge in [0.1, 0.15) is 0 Å². The van der Waals surface area contributed by atoms with Crippen LogP contribution in [0.4, 0.5) is 0 Å². The lowest BCUT2D eigenvalue weighted by Crippen LogP contribution is -2.34. The molecule has 0 radical (unpaired) electrons. The predicted molar refractivity (Wildman–Crippen MR) is 37.1 cm³/mol. The molecule has 0 aromatic heterocycles. The van der Waals surface area contributed by atoms with Crippen LogP contribution in [-0.4, -0.2) is 25.0 Å². The van der Waals surface area contributed by atoms with Crippen LogP contribution in [0.15, 0.2) is 0 Å². The SMILES string of the molecule is CC1(C)OCC(CNN)O1. The Hall–Kier alpha value is -0.160. The van der Waals surface area contributed by atoms with Crippen molar-refractivity contribution < 1.29 is 9.47 Å². The van der Waals surface area contributed by atoms with Crippen LogP contribution < -0.4 is 11.3 Å². The molecule has 4 heteroatoms. The molecule has 1 rings (SSSR count). The lowest BCUT2D eigenvalue weighted by molar-refractivity contribution is -0.137. The van der Waals surface area contributed by atoms with Gasteiger partial charge in [-0.15, -0.1) is 0 Å². The van der Waals surface area contributed by atoms with Gasteiger partial charge in [0.25, 0.3) is 0 Å². The predicted octanol–water partition coefficient (Wildman–Crippen LogP) is -0.399. The third kappa shape index (κ3) is 1.91. The van der Waals surface area contributed by atoms with Gasteiger partial charge in [0.15, 0.2) is 5.79 Å². The molecule has 1 saturated heterocycles. The van der Waals surface area contributed by atoms with Gasteiger partial charge < -0.3 is 9.47 Å². The summed E-state index contributed by atoms with van der Waals surface area (Å²) in [6.45, 7) is 5.05. The van der Waals surface area contributed by atoms with E-state index in [1.807, 2.05) is 13.8 Å². The summed E-state index contributed by atoms with van der Waals surface area (Å²) < 4.78 is 10.7. The third-order valence-electron chi connectivity index (χ3n) is 1.41. The average molecular weight is 146 g/mol. The number of hydrazine groups is 1. The quantitative estimate of drug-likeness (QED) is 0.411. The van der Waals surface area contributed by atoms with Gasteiger partial charge in [0.05, 0.1) is 12.7 Å². The van der Waals surface area contributed by atoms with E-state index in [0.717, 1.165) is 0 Å². The van der Waals surface area contributed by atoms with E-state index in [0.29, 0.717) is 13.2 Å². The summed E-state index contributed by atoms with van der Waals surface area (Å²) in [5.41, 5.74) is 2.54. The van der Waals surface area contributed by atoms with E-state index in [4.69, 9.17) is 15.3 Å². The Morgan fingerprint density at radius 1 is 1.70 bits per heavy atom. The Bertz CT molecular complexity index is 116. The van der Waals surface area contributed by atoms with Crippen molar-refractivity contribution in [1.82, 2.24) is 5.43 Å². The summed E-state index contributed by atoms with van der Waals surface area (Å²) >= 11 is 0. The molecule has 0 aromatic rings. The molecule has 0 spiro atoms. The number of hydrogen-bond acceptors (Lipinski definition) is 4. The van der Waals surface area contributed by atoms with E-state index in [1.54, 1.807) is 0 Å². The zero-order chi connectivity index (χ0) is 7.61. The number of hydrogen-bond donors (Lipinski definition) is 2. The molecule has 0 saturated carbocycles. The zero-order valence-electron chi connectivity index (χ0n) is 6.39. The molecule has 1 heterocycles. The molecule has 1 aliphatic rings. The average Bonchev–Trinajstić information content (AvgIpc) is 2.12. The van der Waals surface area contributed by atoms with Gasteiger partial charge >= 0.3 is 0 Å². The molecule has 1 atom stereocenters. The summed E-state index contributed by atoms with van der Waals surface area (Å²) in [5.74, 6) is 4.68. The molecule has 10 heavy (non-hydrogen) atoms. The van der Waals surface area contributed by atoms with Gasteiger partial charge in [0.2, 0.25) is 0 Å². The molecule has 4 nitrogen and oxygen atoms in total. The van der Waals surface area contributed by atoms with Crippen molar-refractivity contribution in [3.8, 4) is 0 Å². The zero-order valence-corrected chi connectivity index (χ0v) is 6.39. The van der Waals surface area contributed by atoms with Crippen LogP contribution in [0.2, 0.25) is 0 Å². The van der Waals surface area contributed by atoms with Crippen molar-refractivity contribution in [2.24, 2.45) is 5.84 Å². The molecule has 3 N–H and O–H groups in total. The van der Waals surface area contributed by atoms with Crippen LogP contribution in [0.3, 0.4) is 0 Å². The maximum Gasteiger partial charge on any atom is 0.163 e. The highest BCUT2D eigenvalue weighted by molar-refractivity contribution is 4.71. The molecular formula is C6H14N2O2. The fraction of sp³-hybridized carbons (Fsp3) is 1.00. The Morgan fingerprint density at radius 3 is 2.80 bits per heavy atom. The van der Waals surface area contributed by atoms with E-state index >= 15 is 0 Å². The summed E-state index contributed by atoms with van der Waals surface area (Å²) in [7, 11) is 0. The second-order valence-corrected chi connectivity index (χ2v) is 2.86. The largest absolute Gasteiger partial charge is 0.348 e. The molecule has 1 unspecified atom stereocenters. The second-order valence-electron chi connectivity index (χ2n) is 2.86. The van der Waals surface area contributed by atoms with Crippen molar-refractivity contribution in [3.05, 3.63) is 0 Å². The van der Waals surface area contributed by atoms with E-state index in [9.17, 15) is 0 Å². The van der Waals surface area contributed by atoms with Gasteiger partial charge in [-0.1, -0.05) is 0 Å². The second kappa shape index (κ2) is 2.84. The summed E-state index contributed by atoms with van der Waals surface area (Å²) in [5, 5.41) is 0. The standard InChI is InChI=1S/C6H14N2O2/c1-6(2)9-4-5(10-6)3-8-7/h5,8H,3-4,7H2,1-2H3. The Balaban J connectivity index is 2.29. The van der Waals surface area contributed by atoms with Crippen LogP contribution in [-0.2, 0) is 9.47 Å². The van der Waals surface area contributed by atoms with Gasteiger partial charge in [-0.2, -0.15) is 0 Å². The highest BCUT2D eigenvalue weighted by Gasteiger charge is 2.31. The normalized spacial score (nSPS) is 30.9. The monoisotopic (exact) mass is 146 g/mol. The number of nitrogens with two attached hydrogens (primary N) is 1. The van der Waals surface area contributed by atoms with Crippen molar-refractivity contribution >= 4 is 0 Å². The third-order valence-corrected chi connectivity index (χ3v) is 1.41. The maximum absolute atomic E-state index is 5.42. The Morgan fingerprint density at radius 2 is 2.40 bits per heavy atom. The number of ether oxygens (including phenoxy) is 2. The van der Waals surface area contributed by atoms with Crippen molar-refractivity contribution in [1.29, 1.82) is 0 Å². The lowest BCUT2D eigenvalue weighted by Gasteiger charge is -2.16. The lowest BCUT2D eigenvalue weighted by atomic mass is 10.4. The van der Waals surface area contributed by atoms with Crippen LogP contribution in [0, 0.1) is 0 Å². The molecule has 0 bridgehead atoms. The summed E-state index contributed by atoms with van der Waals surface area (Å²) in [6, 6.07) is 0. The first kappa shape index (κ1) is 7.94. The highest BCUT2D eigenvalue weighted by atomic mass is 16.7. The fourth-order valence-corrected chi connectivity index (χ4v) is 0.995. The first-order chi connectivity index (χ1) is 4.64. The smallest absolute Gasteiger partial charge is 0.163 e. The molecule has 1 fully saturated rings. The minimum atomic E-state index is -0.429. The minimum Gasteiger partial charge on any atom is -0.348 e. The molecular weight excluding hydrogens is 132 g/mol. The van der Waals surface area contributed by atoms with Gasteiger partial charge in [0, 0.05) is 6.54 Å². The van der Waals surface area contributed by atoms with E-state index in [1.165, 1.54) is 0 Å². The number of nitrogens with one attached hydrogen (secondary N) is 1. The first-order valence-corrected chi connectivity index (χ1v) is 3.39. The first-order valence-electron chi connectivity index (χ1n) is 3.39. The Kier molecular flexibility index (Phi) is 2.25. The summed E-state index contributed by atoms with van der Waals surface area (Å²) in [6.07, 6.45) is 0.0972. The van der Waals surface area contributed by atoms with Crippen molar-refractivity contribution in [2.45, 2.75) is 25.7 Å². The minimum absolute atomic E-state index is 0.0972. The number of rotatable bonds is 2. The van der Waals surface area contributed by atoms with Crippen molar-refractivity contribution in [3.63, 3.8) is 0 Å². The van der Waals surface area contributed by atoms with E-state index < -0.39 is 5.79 Å². The summed E-state index contributed by atoms with van der Waals surface area (Å²) in [4.78, 5) is 0. The maximum atomic E-state index is 5.42. The van der Waals surface area contributed by atoms with Gasteiger partial charge in [-0.05, 0) is 13.8 Å². The van der Waals surface area contributed by atoms with Crippen LogP contribution in [0.5, 0.6) is 0 Å². The van der Waals surface area contributed by atoms with E-state index in [2.05, 4.69) is 5.43 Å². The van der Waals surface area contributed by atoms with Crippen LogP contribution >= 0.6 is 0 Å². The molecule has 0 aromatic carbocycles. The van der Waals surface area contributed by atoms with Gasteiger partial charge in [-0.25, -0.2) is 0 Å². The molecule has 0 aliphatic carbocycles. The molecule has 0 amide bonds. The Labute approximate surface area is 60.6 Å². The fourth-order valence-electron chi connectivity index (χ4n) is 0.995. The van der Waals surface area contributed by atoms with Crippen molar-refractivity contribution in [2.75, 3.05) is 13.2 Å². The van der Waals surface area contributed by atoms with E-state index in [-0.39, 0.29) is 6.10 Å². The van der Waals surface area contributed by atoms with Gasteiger partial charge in [-0.3, -0.25) is 11.3 Å². The van der Waals surface area contributed by atoms with Crippen LogP contribution in [0.25, 0.3) is 0 Å². The molecule has 1 aliphatic heterocycles.